The van der Waals surface area contributed by atoms with Crippen molar-refractivity contribution in [3.8, 4) is 0 Å². The first-order valence-electron chi connectivity index (χ1n) is 7.00. The fourth-order valence-electron chi connectivity index (χ4n) is 2.32. The maximum absolute atomic E-state index is 10.6. The Kier molecular flexibility index (Phi) is 4.26. The molecule has 0 radical (unpaired) electrons. The van der Waals surface area contributed by atoms with E-state index in [1.54, 1.807) is 0 Å². The van der Waals surface area contributed by atoms with Crippen LogP contribution in [0.4, 0.5) is 0 Å². The molecule has 1 unspecified atom stereocenters. The lowest BCUT2D eigenvalue weighted by molar-refractivity contribution is 0.219. The molecule has 1 atom stereocenters. The second kappa shape index (κ2) is 5.78. The molecule has 0 aliphatic rings. The molecule has 0 fully saturated rings. The van der Waals surface area contributed by atoms with Crippen LogP contribution in [-0.4, -0.2) is 11.7 Å². The van der Waals surface area contributed by atoms with Crippen molar-refractivity contribution in [1.82, 2.24) is 0 Å². The second-order valence-electron chi connectivity index (χ2n) is 5.97. The Balaban J connectivity index is 2.39. The van der Waals surface area contributed by atoms with E-state index in [2.05, 4.69) is 26.0 Å². The predicted molar refractivity (Wildman–Crippen MR) is 83.8 cm³/mol. The molecule has 2 rings (SSSR count). The standard InChI is InChI=1S/C18H23NO/c1-13-7-4-5-10-16(13)17(20)14-8-6-9-15(11-14)18(2,3)12-19/h4-11,17,20H,12,19H2,1-3H3. The summed E-state index contributed by atoms with van der Waals surface area (Å²) >= 11 is 0. The Morgan fingerprint density at radius 1 is 1.10 bits per heavy atom. The number of hydrogen-bond acceptors (Lipinski definition) is 2. The van der Waals surface area contributed by atoms with Crippen LogP contribution in [0.15, 0.2) is 48.5 Å². The van der Waals surface area contributed by atoms with E-state index in [0.717, 1.165) is 22.3 Å². The van der Waals surface area contributed by atoms with Gasteiger partial charge in [0.25, 0.3) is 0 Å². The number of hydrogen-bond donors (Lipinski definition) is 2. The van der Waals surface area contributed by atoms with Crippen molar-refractivity contribution in [2.75, 3.05) is 6.54 Å². The van der Waals surface area contributed by atoms with Gasteiger partial charge in [-0.15, -0.1) is 0 Å². The molecule has 20 heavy (non-hydrogen) atoms. The lowest BCUT2D eigenvalue weighted by Crippen LogP contribution is -2.28. The smallest absolute Gasteiger partial charge is 0.104 e. The molecule has 2 nitrogen and oxygen atoms in total. The molecule has 2 heteroatoms. The lowest BCUT2D eigenvalue weighted by Gasteiger charge is -2.24. The molecular weight excluding hydrogens is 246 g/mol. The van der Waals surface area contributed by atoms with E-state index in [9.17, 15) is 5.11 Å². The van der Waals surface area contributed by atoms with Crippen molar-refractivity contribution in [1.29, 1.82) is 0 Å². The molecule has 0 spiro atoms. The van der Waals surface area contributed by atoms with Crippen LogP contribution >= 0.6 is 0 Å². The summed E-state index contributed by atoms with van der Waals surface area (Å²) in [5.74, 6) is 0. The Morgan fingerprint density at radius 3 is 2.45 bits per heavy atom. The third-order valence-electron chi connectivity index (χ3n) is 3.98. The molecule has 0 aromatic heterocycles. The zero-order valence-corrected chi connectivity index (χ0v) is 12.4. The van der Waals surface area contributed by atoms with Gasteiger partial charge in [0.15, 0.2) is 0 Å². The van der Waals surface area contributed by atoms with Crippen molar-refractivity contribution in [2.24, 2.45) is 5.73 Å². The molecule has 0 heterocycles. The summed E-state index contributed by atoms with van der Waals surface area (Å²) in [6.07, 6.45) is -0.593. The van der Waals surface area contributed by atoms with Gasteiger partial charge in [-0.25, -0.2) is 0 Å². The van der Waals surface area contributed by atoms with Gasteiger partial charge in [0.1, 0.15) is 6.10 Å². The molecule has 106 valence electrons. The number of nitrogens with two attached hydrogens (primary N) is 1. The average Bonchev–Trinajstić information content (AvgIpc) is 2.47. The van der Waals surface area contributed by atoms with Gasteiger partial charge < -0.3 is 10.8 Å². The fourth-order valence-corrected chi connectivity index (χ4v) is 2.32. The van der Waals surface area contributed by atoms with E-state index >= 15 is 0 Å². The van der Waals surface area contributed by atoms with E-state index in [1.807, 2.05) is 43.3 Å². The van der Waals surface area contributed by atoms with E-state index in [0.29, 0.717) is 6.54 Å². The van der Waals surface area contributed by atoms with Crippen molar-refractivity contribution in [3.63, 3.8) is 0 Å². The summed E-state index contributed by atoms with van der Waals surface area (Å²) in [6, 6.07) is 16.0. The van der Waals surface area contributed by atoms with E-state index in [-0.39, 0.29) is 5.41 Å². The van der Waals surface area contributed by atoms with Gasteiger partial charge in [-0.2, -0.15) is 0 Å². The van der Waals surface area contributed by atoms with Crippen LogP contribution in [0.25, 0.3) is 0 Å². The minimum absolute atomic E-state index is 0.0819. The molecular formula is C18H23NO. The van der Waals surface area contributed by atoms with Crippen molar-refractivity contribution >= 4 is 0 Å². The minimum Gasteiger partial charge on any atom is -0.384 e. The Hall–Kier alpha value is -1.64. The third-order valence-corrected chi connectivity index (χ3v) is 3.98. The molecule has 0 aliphatic heterocycles. The normalized spacial score (nSPS) is 13.2. The van der Waals surface area contributed by atoms with Crippen LogP contribution in [-0.2, 0) is 5.41 Å². The van der Waals surface area contributed by atoms with E-state index in [1.165, 1.54) is 0 Å². The van der Waals surface area contributed by atoms with Gasteiger partial charge in [0.2, 0.25) is 0 Å². The van der Waals surface area contributed by atoms with Gasteiger partial charge in [-0.05, 0) is 29.2 Å². The second-order valence-corrected chi connectivity index (χ2v) is 5.97. The first-order chi connectivity index (χ1) is 9.45. The monoisotopic (exact) mass is 269 g/mol. The highest BCUT2D eigenvalue weighted by Crippen LogP contribution is 2.29. The third kappa shape index (κ3) is 2.92. The highest BCUT2D eigenvalue weighted by molar-refractivity contribution is 5.38. The van der Waals surface area contributed by atoms with Crippen LogP contribution in [0.1, 0.15) is 42.2 Å². The summed E-state index contributed by atoms with van der Waals surface area (Å²) in [6.45, 7) is 6.83. The van der Waals surface area contributed by atoms with Crippen LogP contribution in [0.3, 0.4) is 0 Å². The Morgan fingerprint density at radius 2 is 1.80 bits per heavy atom. The number of aryl methyl sites for hydroxylation is 1. The molecule has 2 aromatic rings. The van der Waals surface area contributed by atoms with Gasteiger partial charge in [0.05, 0.1) is 0 Å². The maximum Gasteiger partial charge on any atom is 0.104 e. The molecule has 0 aliphatic carbocycles. The van der Waals surface area contributed by atoms with Crippen LogP contribution in [0.2, 0.25) is 0 Å². The van der Waals surface area contributed by atoms with Crippen molar-refractivity contribution in [3.05, 3.63) is 70.8 Å². The molecule has 3 N–H and O–H groups in total. The zero-order chi connectivity index (χ0) is 14.8. The molecule has 0 amide bonds. The van der Waals surface area contributed by atoms with Crippen molar-refractivity contribution < 1.29 is 5.11 Å². The number of aliphatic hydroxyl groups excluding tert-OH is 1. The highest BCUT2D eigenvalue weighted by atomic mass is 16.3. The molecule has 0 saturated heterocycles. The molecule has 0 bridgehead atoms. The number of rotatable bonds is 4. The summed E-state index contributed by atoms with van der Waals surface area (Å²) < 4.78 is 0. The van der Waals surface area contributed by atoms with Crippen LogP contribution in [0.5, 0.6) is 0 Å². The molecule has 2 aromatic carbocycles. The average molecular weight is 269 g/mol. The summed E-state index contributed by atoms with van der Waals surface area (Å²) in [7, 11) is 0. The van der Waals surface area contributed by atoms with E-state index in [4.69, 9.17) is 5.73 Å². The maximum atomic E-state index is 10.6. The Labute approximate surface area is 121 Å². The summed E-state index contributed by atoms with van der Waals surface area (Å²) in [5.41, 5.74) is 9.88. The van der Waals surface area contributed by atoms with Crippen LogP contribution in [0, 0.1) is 6.92 Å². The van der Waals surface area contributed by atoms with Gasteiger partial charge >= 0.3 is 0 Å². The van der Waals surface area contributed by atoms with Crippen molar-refractivity contribution in [2.45, 2.75) is 32.3 Å². The summed E-state index contributed by atoms with van der Waals surface area (Å²) in [5, 5.41) is 10.6. The fraction of sp³-hybridized carbons (Fsp3) is 0.333. The van der Waals surface area contributed by atoms with E-state index < -0.39 is 6.10 Å². The SMILES string of the molecule is Cc1ccccc1C(O)c1cccc(C(C)(C)CN)c1. The quantitative estimate of drug-likeness (QED) is 0.894. The zero-order valence-electron chi connectivity index (χ0n) is 12.4. The van der Waals surface area contributed by atoms with Gasteiger partial charge in [-0.3, -0.25) is 0 Å². The lowest BCUT2D eigenvalue weighted by atomic mass is 9.83. The molecule has 0 saturated carbocycles. The van der Waals surface area contributed by atoms with Crippen LogP contribution < -0.4 is 5.73 Å². The number of aliphatic hydroxyl groups is 1. The summed E-state index contributed by atoms with van der Waals surface area (Å²) in [4.78, 5) is 0. The minimum atomic E-state index is -0.593. The Bertz CT molecular complexity index is 589. The topological polar surface area (TPSA) is 46.2 Å². The predicted octanol–water partition coefficient (Wildman–Crippen LogP) is 3.31. The first kappa shape index (κ1) is 14.8. The number of benzene rings is 2. The first-order valence-corrected chi connectivity index (χ1v) is 7.00. The van der Waals surface area contributed by atoms with Gasteiger partial charge in [0, 0.05) is 12.0 Å². The van der Waals surface area contributed by atoms with Gasteiger partial charge in [-0.1, -0.05) is 62.4 Å². The highest BCUT2D eigenvalue weighted by Gasteiger charge is 2.20. The largest absolute Gasteiger partial charge is 0.384 e.